The number of hydrogen-bond donors (Lipinski definition) is 0. The van der Waals surface area contributed by atoms with Crippen molar-refractivity contribution in [3.05, 3.63) is 124 Å². The number of benzene rings is 3. The number of esters is 1. The summed E-state index contributed by atoms with van der Waals surface area (Å²) < 4.78 is 19.6. The summed E-state index contributed by atoms with van der Waals surface area (Å²) in [5.41, 5.74) is 4.37. The quantitative estimate of drug-likeness (QED) is 0.141. The van der Waals surface area contributed by atoms with E-state index < -0.39 is 12.0 Å². The van der Waals surface area contributed by atoms with Gasteiger partial charge in [-0.25, -0.2) is 9.79 Å². The third kappa shape index (κ3) is 7.67. The molecule has 0 N–H and O–H groups in total. The predicted octanol–water partition coefficient (Wildman–Crippen LogP) is 7.99. The highest BCUT2D eigenvalue weighted by Crippen LogP contribution is 2.34. The normalized spacial score (nSPS) is 14.6. The molecular weight excluding hydrogens is 655 g/mol. The smallest absolute Gasteiger partial charge is 0.338 e. The fourth-order valence-electron chi connectivity index (χ4n) is 5.45. The summed E-state index contributed by atoms with van der Waals surface area (Å²) in [5.74, 6) is 0.973. The van der Waals surface area contributed by atoms with Crippen molar-refractivity contribution in [2.75, 3.05) is 13.2 Å². The van der Waals surface area contributed by atoms with E-state index in [-0.39, 0.29) is 18.8 Å². The Kier molecular flexibility index (Phi) is 11.3. The summed E-state index contributed by atoms with van der Waals surface area (Å²) in [6.07, 6.45) is 3.19. The van der Waals surface area contributed by atoms with Crippen molar-refractivity contribution in [2.45, 2.75) is 66.0 Å². The molecule has 10 heteroatoms. The van der Waals surface area contributed by atoms with Crippen LogP contribution in [0.4, 0.5) is 0 Å². The molecule has 7 nitrogen and oxygen atoms in total. The largest absolute Gasteiger partial charge is 0.490 e. The Labute approximate surface area is 288 Å². The minimum absolute atomic E-state index is 0.222. The van der Waals surface area contributed by atoms with Gasteiger partial charge in [-0.3, -0.25) is 9.36 Å². The topological polar surface area (TPSA) is 79.1 Å². The molecule has 0 amide bonds. The number of hydrogen-bond acceptors (Lipinski definition) is 7. The molecule has 0 fully saturated rings. The van der Waals surface area contributed by atoms with Gasteiger partial charge in [-0.05, 0) is 73.2 Å². The molecule has 4 aromatic rings. The van der Waals surface area contributed by atoms with Crippen molar-refractivity contribution in [1.82, 2.24) is 4.57 Å². The summed E-state index contributed by atoms with van der Waals surface area (Å²) in [4.78, 5) is 33.1. The molecule has 0 saturated heterocycles. The molecule has 47 heavy (non-hydrogen) atoms. The highest BCUT2D eigenvalue weighted by molar-refractivity contribution is 7.07. The lowest BCUT2D eigenvalue weighted by Gasteiger charge is -2.26. The lowest BCUT2D eigenvalue weighted by molar-refractivity contribution is -0.139. The summed E-state index contributed by atoms with van der Waals surface area (Å²) in [7, 11) is 0. The molecule has 3 aromatic carbocycles. The van der Waals surface area contributed by atoms with Gasteiger partial charge in [-0.2, -0.15) is 0 Å². The molecule has 0 aliphatic carbocycles. The Morgan fingerprint density at radius 1 is 0.979 bits per heavy atom. The monoisotopic (exact) mass is 692 g/mol. The molecule has 0 bridgehead atoms. The van der Waals surface area contributed by atoms with E-state index in [1.54, 1.807) is 23.6 Å². The maximum Gasteiger partial charge on any atom is 0.338 e. The maximum absolute atomic E-state index is 14.2. The van der Waals surface area contributed by atoms with Gasteiger partial charge < -0.3 is 14.2 Å². The number of nitrogens with zero attached hydrogens (tertiary/aromatic N) is 2. The van der Waals surface area contributed by atoms with Crippen molar-refractivity contribution in [3.8, 4) is 11.5 Å². The van der Waals surface area contributed by atoms with Crippen LogP contribution in [0.1, 0.15) is 81.7 Å². The average molecular weight is 694 g/mol. The number of fused-ring (bicyclic) bond motifs is 1. The van der Waals surface area contributed by atoms with Crippen LogP contribution in [0.3, 0.4) is 0 Å². The summed E-state index contributed by atoms with van der Waals surface area (Å²) >= 11 is 13.7. The number of thiazole rings is 1. The van der Waals surface area contributed by atoms with E-state index >= 15 is 0 Å². The molecule has 1 aliphatic rings. The molecule has 2 heterocycles. The Bertz CT molecular complexity index is 1980. The molecule has 0 unspecified atom stereocenters. The second-order valence-electron chi connectivity index (χ2n) is 11.4. The number of rotatable bonds is 12. The Morgan fingerprint density at radius 3 is 2.40 bits per heavy atom. The molecular formula is C37H38Cl2N2O5S. The summed E-state index contributed by atoms with van der Waals surface area (Å²) in [5, 5.41) is 1.07. The van der Waals surface area contributed by atoms with Crippen molar-refractivity contribution < 1.29 is 19.0 Å². The first-order chi connectivity index (χ1) is 22.6. The number of carbonyl (C=O) groups excluding carboxylic acids is 1. The average Bonchev–Trinajstić information content (AvgIpc) is 3.35. The second kappa shape index (κ2) is 15.4. The number of carbonyl (C=O) groups is 1. The Morgan fingerprint density at radius 2 is 1.74 bits per heavy atom. The van der Waals surface area contributed by atoms with Crippen molar-refractivity contribution in [3.63, 3.8) is 0 Å². The van der Waals surface area contributed by atoms with Crippen LogP contribution in [-0.2, 0) is 16.1 Å². The first-order valence-corrected chi connectivity index (χ1v) is 17.4. The zero-order valence-electron chi connectivity index (χ0n) is 27.1. The minimum Gasteiger partial charge on any atom is -0.490 e. The summed E-state index contributed by atoms with van der Waals surface area (Å²) in [6.45, 7) is 10.9. The molecule has 246 valence electrons. The molecule has 0 saturated carbocycles. The van der Waals surface area contributed by atoms with E-state index in [4.69, 9.17) is 42.4 Å². The predicted molar refractivity (Wildman–Crippen MR) is 189 cm³/mol. The van der Waals surface area contributed by atoms with Crippen molar-refractivity contribution in [2.24, 2.45) is 4.99 Å². The summed E-state index contributed by atoms with van der Waals surface area (Å²) in [6, 6.07) is 18.2. The SMILES string of the molecule is CCCC1=C(C(=O)OCC)[C@H](c2ccc(C(C)C)cc2)n2c(s/c(=C\c3ccc(OCc4ccc(Cl)cc4Cl)c(OCC)c3)c2=O)=N1. The van der Waals surface area contributed by atoms with Gasteiger partial charge in [0.25, 0.3) is 5.56 Å². The number of ether oxygens (including phenoxy) is 3. The fraction of sp³-hybridized carbons (Fsp3) is 0.324. The van der Waals surface area contributed by atoms with E-state index in [0.29, 0.717) is 61.1 Å². The third-order valence-corrected chi connectivity index (χ3v) is 9.34. The van der Waals surface area contributed by atoms with E-state index in [1.165, 1.54) is 16.9 Å². The zero-order valence-corrected chi connectivity index (χ0v) is 29.5. The Hall–Kier alpha value is -3.85. The number of halogens is 2. The Balaban J connectivity index is 1.58. The molecule has 0 radical (unpaired) electrons. The van der Waals surface area contributed by atoms with Gasteiger partial charge in [0.05, 0.1) is 35.1 Å². The minimum atomic E-state index is -0.662. The maximum atomic E-state index is 14.2. The first-order valence-electron chi connectivity index (χ1n) is 15.8. The molecule has 1 atom stereocenters. The molecule has 1 aliphatic heterocycles. The van der Waals surface area contributed by atoms with Crippen LogP contribution in [0.15, 0.2) is 81.7 Å². The van der Waals surface area contributed by atoms with Gasteiger partial charge in [-0.15, -0.1) is 0 Å². The van der Waals surface area contributed by atoms with Gasteiger partial charge in [0.1, 0.15) is 6.61 Å². The highest BCUT2D eigenvalue weighted by atomic mass is 35.5. The number of allylic oxidation sites excluding steroid dienone is 1. The van der Waals surface area contributed by atoms with Crippen LogP contribution in [-0.4, -0.2) is 23.8 Å². The molecule has 0 spiro atoms. The lowest BCUT2D eigenvalue weighted by Crippen LogP contribution is -2.40. The van der Waals surface area contributed by atoms with Gasteiger partial charge in [0, 0.05) is 15.6 Å². The standard InChI is InChI=1S/C37H38Cl2N2O5S/c1-6-9-29-33(36(43)45-8-3)34(25-13-11-24(12-14-25)22(4)5)41-35(42)32(47-37(41)40-29)19-23-10-17-30(31(18-23)44-7-2)46-21-26-15-16-27(38)20-28(26)39/h10-20,22,34H,6-9,21H2,1-5H3/b32-19-/t34-/m0/s1. The van der Waals surface area contributed by atoms with Crippen LogP contribution in [0.5, 0.6) is 11.5 Å². The van der Waals surface area contributed by atoms with E-state index in [9.17, 15) is 9.59 Å². The van der Waals surface area contributed by atoms with Crippen LogP contribution in [0.2, 0.25) is 10.0 Å². The van der Waals surface area contributed by atoms with Gasteiger partial charge in [-0.1, -0.05) is 98.1 Å². The first kappa shape index (κ1) is 34.5. The van der Waals surface area contributed by atoms with Gasteiger partial charge in [0.15, 0.2) is 16.3 Å². The fourth-order valence-corrected chi connectivity index (χ4v) is 6.93. The van der Waals surface area contributed by atoms with Crippen LogP contribution >= 0.6 is 34.5 Å². The third-order valence-electron chi connectivity index (χ3n) is 7.77. The van der Waals surface area contributed by atoms with E-state index in [1.807, 2.05) is 56.3 Å². The van der Waals surface area contributed by atoms with Crippen LogP contribution in [0, 0.1) is 0 Å². The number of aromatic nitrogens is 1. The lowest BCUT2D eigenvalue weighted by atomic mass is 9.92. The van der Waals surface area contributed by atoms with Gasteiger partial charge in [0.2, 0.25) is 0 Å². The van der Waals surface area contributed by atoms with Crippen LogP contribution in [0.25, 0.3) is 6.08 Å². The molecule has 5 rings (SSSR count). The van der Waals surface area contributed by atoms with E-state index in [2.05, 4.69) is 26.0 Å². The van der Waals surface area contributed by atoms with E-state index in [0.717, 1.165) is 23.1 Å². The van der Waals surface area contributed by atoms with Crippen molar-refractivity contribution >= 4 is 46.6 Å². The molecule has 1 aromatic heterocycles. The second-order valence-corrected chi connectivity index (χ2v) is 13.3. The van der Waals surface area contributed by atoms with Crippen LogP contribution < -0.4 is 24.4 Å². The highest BCUT2D eigenvalue weighted by Gasteiger charge is 2.34. The van der Waals surface area contributed by atoms with Crippen molar-refractivity contribution in [1.29, 1.82) is 0 Å². The van der Waals surface area contributed by atoms with Gasteiger partial charge >= 0.3 is 5.97 Å². The zero-order chi connectivity index (χ0) is 33.7.